The quantitative estimate of drug-likeness (QED) is 0.686. The third-order valence-electron chi connectivity index (χ3n) is 2.05. The van der Waals surface area contributed by atoms with Gasteiger partial charge < -0.3 is 0 Å². The van der Waals surface area contributed by atoms with Crippen LogP contribution in [0.4, 0.5) is 13.2 Å². The lowest BCUT2D eigenvalue weighted by Gasteiger charge is -2.08. The lowest BCUT2D eigenvalue weighted by molar-refractivity contribution is -0.136. The summed E-state index contributed by atoms with van der Waals surface area (Å²) in [5.74, 6) is 0. The lowest BCUT2D eigenvalue weighted by atomic mass is 10.0. The molecule has 5 heteroatoms. The Balaban J connectivity index is 2.58. The molecule has 0 aliphatic rings. The average Bonchev–Trinajstić information content (AvgIpc) is 2.66. The van der Waals surface area contributed by atoms with Crippen molar-refractivity contribution in [3.8, 4) is 11.1 Å². The van der Waals surface area contributed by atoms with Crippen molar-refractivity contribution in [2.45, 2.75) is 6.18 Å². The molecule has 1 aromatic carbocycles. The molecule has 0 N–H and O–H groups in total. The van der Waals surface area contributed by atoms with Crippen LogP contribution in [-0.2, 0) is 6.18 Å². The monoisotopic (exact) mass is 261 g/mol. The first kappa shape index (κ1) is 11.5. The Hall–Kier alpha value is -1.00. The second kappa shape index (κ2) is 4.11. The van der Waals surface area contributed by atoms with Crippen molar-refractivity contribution in [3.05, 3.63) is 45.6 Å². The summed E-state index contributed by atoms with van der Waals surface area (Å²) >= 11 is 6.75. The molecule has 0 amide bonds. The molecule has 1 aromatic heterocycles. The first-order valence-corrected chi connectivity index (χ1v) is 5.57. The molecule has 0 nitrogen and oxygen atoms in total. The highest BCUT2D eigenvalue weighted by Gasteiger charge is 2.35. The molecule has 0 aliphatic carbocycles. The highest BCUT2D eigenvalue weighted by atomic mass is 35.5. The number of hydrogen-bond donors (Lipinski definition) is 0. The molecule has 0 bridgehead atoms. The van der Waals surface area contributed by atoms with E-state index in [4.69, 9.17) is 11.6 Å². The number of hydrogen-bond acceptors (Lipinski definition) is 1. The van der Waals surface area contributed by atoms with Gasteiger partial charge >= 0.3 is 6.18 Å². The van der Waals surface area contributed by atoms with Gasteiger partial charge in [0.25, 0.3) is 0 Å². The topological polar surface area (TPSA) is 0 Å². The number of alkyl halides is 3. The van der Waals surface area contributed by atoms with Gasteiger partial charge in [-0.2, -0.15) is 13.2 Å². The zero-order chi connectivity index (χ0) is 11.8. The van der Waals surface area contributed by atoms with Gasteiger partial charge in [-0.15, -0.1) is 11.3 Å². The fourth-order valence-corrected chi connectivity index (χ4v) is 2.35. The minimum absolute atomic E-state index is 0.0862. The van der Waals surface area contributed by atoms with Crippen LogP contribution in [0.2, 0.25) is 5.02 Å². The van der Waals surface area contributed by atoms with E-state index in [1.54, 1.807) is 24.3 Å². The number of thiophene rings is 1. The molecule has 0 atom stereocenters. The van der Waals surface area contributed by atoms with E-state index in [0.717, 1.165) is 11.3 Å². The predicted octanol–water partition coefficient (Wildman–Crippen LogP) is 4.89. The third kappa shape index (κ3) is 2.08. The summed E-state index contributed by atoms with van der Waals surface area (Å²) in [6, 6.07) is 6.45. The van der Waals surface area contributed by atoms with Crippen molar-refractivity contribution in [3.63, 3.8) is 0 Å². The highest BCUT2D eigenvalue weighted by Crippen LogP contribution is 2.40. The van der Waals surface area contributed by atoms with Gasteiger partial charge in [0, 0.05) is 16.1 Å². The first-order valence-electron chi connectivity index (χ1n) is 4.31. The smallest absolute Gasteiger partial charge is 0.166 e. The minimum Gasteiger partial charge on any atom is -0.166 e. The molecule has 0 saturated heterocycles. The van der Waals surface area contributed by atoms with Crippen LogP contribution in [-0.4, -0.2) is 0 Å². The van der Waals surface area contributed by atoms with Crippen LogP contribution in [0.3, 0.4) is 0 Å². The Morgan fingerprint density at radius 2 is 1.81 bits per heavy atom. The zero-order valence-electron chi connectivity index (χ0n) is 7.81. The lowest BCUT2D eigenvalue weighted by Crippen LogP contribution is -2.04. The van der Waals surface area contributed by atoms with Gasteiger partial charge in [0.05, 0.1) is 10.9 Å². The molecule has 1 radical (unpaired) electrons. The van der Waals surface area contributed by atoms with E-state index >= 15 is 0 Å². The third-order valence-corrected chi connectivity index (χ3v) is 3.06. The minimum atomic E-state index is -4.39. The van der Waals surface area contributed by atoms with Gasteiger partial charge in [0.2, 0.25) is 0 Å². The van der Waals surface area contributed by atoms with Gasteiger partial charge in [-0.25, -0.2) is 0 Å². The van der Waals surface area contributed by atoms with Gasteiger partial charge in [0.15, 0.2) is 0 Å². The Kier molecular flexibility index (Phi) is 2.95. The maximum Gasteiger partial charge on any atom is 0.418 e. The van der Waals surface area contributed by atoms with Crippen LogP contribution >= 0.6 is 22.9 Å². The van der Waals surface area contributed by atoms with E-state index < -0.39 is 11.7 Å². The number of rotatable bonds is 1. The molecule has 2 rings (SSSR count). The van der Waals surface area contributed by atoms with E-state index in [0.29, 0.717) is 10.6 Å². The van der Waals surface area contributed by atoms with Crippen LogP contribution in [0.25, 0.3) is 11.1 Å². The normalized spacial score (nSPS) is 11.8. The standard InChI is InChI=1S/C11H5ClF3S/c12-10-4-2-1-3-7(10)8-5-16-6-9(8)11(13,14)15/h1-5H. The van der Waals surface area contributed by atoms with Gasteiger partial charge in [-0.05, 0) is 11.4 Å². The summed E-state index contributed by atoms with van der Waals surface area (Å²) in [6.07, 6.45) is -4.39. The second-order valence-corrected chi connectivity index (χ2v) is 4.19. The van der Waals surface area contributed by atoms with Crippen molar-refractivity contribution in [2.24, 2.45) is 0 Å². The Bertz CT molecular complexity index is 502. The molecular weight excluding hydrogens is 257 g/mol. The van der Waals surface area contributed by atoms with Crippen molar-refractivity contribution >= 4 is 22.9 Å². The fourth-order valence-electron chi connectivity index (χ4n) is 1.35. The van der Waals surface area contributed by atoms with Crippen molar-refractivity contribution < 1.29 is 13.2 Å². The summed E-state index contributed by atoms with van der Waals surface area (Å²) in [6.45, 7) is 0. The van der Waals surface area contributed by atoms with E-state index in [-0.39, 0.29) is 5.56 Å². The summed E-state index contributed by atoms with van der Waals surface area (Å²) in [5, 5.41) is 3.94. The summed E-state index contributed by atoms with van der Waals surface area (Å²) in [5.41, 5.74) is -0.289. The fraction of sp³-hybridized carbons (Fsp3) is 0.0909. The molecule has 83 valence electrons. The van der Waals surface area contributed by atoms with Crippen LogP contribution in [0, 0.1) is 5.38 Å². The van der Waals surface area contributed by atoms with Crippen molar-refractivity contribution in [2.75, 3.05) is 0 Å². The molecule has 16 heavy (non-hydrogen) atoms. The Morgan fingerprint density at radius 3 is 2.44 bits per heavy atom. The van der Waals surface area contributed by atoms with E-state index in [9.17, 15) is 13.2 Å². The Labute approximate surface area is 99.3 Å². The molecule has 0 saturated carbocycles. The van der Waals surface area contributed by atoms with Gasteiger partial charge in [-0.1, -0.05) is 29.8 Å². The van der Waals surface area contributed by atoms with E-state index in [1.165, 1.54) is 5.38 Å². The van der Waals surface area contributed by atoms with E-state index in [2.05, 4.69) is 5.38 Å². The second-order valence-electron chi connectivity index (χ2n) is 3.10. The SMILES string of the molecule is FC(F)(F)c1[c]scc1-c1ccccc1Cl. The van der Waals surface area contributed by atoms with Crippen LogP contribution in [0.5, 0.6) is 0 Å². The predicted molar refractivity (Wildman–Crippen MR) is 58.6 cm³/mol. The molecule has 0 aliphatic heterocycles. The van der Waals surface area contributed by atoms with Crippen LogP contribution < -0.4 is 0 Å². The summed E-state index contributed by atoms with van der Waals surface area (Å²) < 4.78 is 37.9. The van der Waals surface area contributed by atoms with Crippen molar-refractivity contribution in [1.29, 1.82) is 0 Å². The van der Waals surface area contributed by atoms with Gasteiger partial charge in [0.1, 0.15) is 0 Å². The van der Waals surface area contributed by atoms with Gasteiger partial charge in [-0.3, -0.25) is 0 Å². The number of halogens is 4. The molecule has 0 spiro atoms. The maximum absolute atomic E-state index is 12.6. The maximum atomic E-state index is 12.6. The zero-order valence-corrected chi connectivity index (χ0v) is 9.38. The largest absolute Gasteiger partial charge is 0.418 e. The number of benzene rings is 1. The first-order chi connectivity index (χ1) is 7.50. The molecule has 0 fully saturated rings. The molecule has 1 heterocycles. The van der Waals surface area contributed by atoms with E-state index in [1.807, 2.05) is 0 Å². The average molecular weight is 262 g/mol. The Morgan fingerprint density at radius 1 is 1.12 bits per heavy atom. The summed E-state index contributed by atoms with van der Waals surface area (Å²) in [4.78, 5) is 0. The molecule has 2 aromatic rings. The van der Waals surface area contributed by atoms with Crippen molar-refractivity contribution in [1.82, 2.24) is 0 Å². The molecule has 0 unspecified atom stereocenters. The molecular formula is C11H5ClF3S. The van der Waals surface area contributed by atoms with Crippen LogP contribution in [0.1, 0.15) is 5.56 Å². The highest BCUT2D eigenvalue weighted by molar-refractivity contribution is 7.08. The summed E-state index contributed by atoms with van der Waals surface area (Å²) in [7, 11) is 0. The van der Waals surface area contributed by atoms with Crippen LogP contribution in [0.15, 0.2) is 29.6 Å².